The summed E-state index contributed by atoms with van der Waals surface area (Å²) in [5.74, 6) is 0.408. The van der Waals surface area contributed by atoms with Gasteiger partial charge in [0.2, 0.25) is 0 Å². The van der Waals surface area contributed by atoms with E-state index in [-0.39, 0.29) is 5.91 Å². The summed E-state index contributed by atoms with van der Waals surface area (Å²) in [5.41, 5.74) is 2.74. The summed E-state index contributed by atoms with van der Waals surface area (Å²) in [6.07, 6.45) is 1.50. The number of benzene rings is 2. The number of halogens is 2. The second kappa shape index (κ2) is 7.51. The summed E-state index contributed by atoms with van der Waals surface area (Å²) in [7, 11) is 0. The molecular formula is C18H14Cl2N4O. The van der Waals surface area contributed by atoms with Crippen molar-refractivity contribution < 1.29 is 4.79 Å². The molecule has 2 aromatic carbocycles. The van der Waals surface area contributed by atoms with Crippen LogP contribution in [0.5, 0.6) is 0 Å². The Morgan fingerprint density at radius 1 is 0.960 bits per heavy atom. The van der Waals surface area contributed by atoms with Crippen molar-refractivity contribution in [1.29, 1.82) is 0 Å². The highest BCUT2D eigenvalue weighted by Gasteiger charge is 2.11. The van der Waals surface area contributed by atoms with E-state index in [0.29, 0.717) is 27.1 Å². The summed E-state index contributed by atoms with van der Waals surface area (Å²) in [6, 6.07) is 13.9. The van der Waals surface area contributed by atoms with Crippen LogP contribution in [0.3, 0.4) is 0 Å². The van der Waals surface area contributed by atoms with Crippen molar-refractivity contribution in [3.8, 4) is 0 Å². The van der Waals surface area contributed by atoms with Gasteiger partial charge in [0.05, 0.1) is 10.6 Å². The number of aromatic nitrogens is 2. The minimum atomic E-state index is -0.297. The number of hydrogen-bond acceptors (Lipinski definition) is 4. The summed E-state index contributed by atoms with van der Waals surface area (Å²) < 4.78 is 0. The lowest BCUT2D eigenvalue weighted by Crippen LogP contribution is -2.12. The first-order chi connectivity index (χ1) is 12.0. The van der Waals surface area contributed by atoms with Gasteiger partial charge in [-0.05, 0) is 49.4 Å². The molecule has 3 aromatic rings. The van der Waals surface area contributed by atoms with Crippen LogP contribution in [0.25, 0.3) is 0 Å². The molecule has 0 spiro atoms. The van der Waals surface area contributed by atoms with E-state index in [0.717, 1.165) is 11.4 Å². The minimum absolute atomic E-state index is 0.297. The minimum Gasteiger partial charge on any atom is -0.340 e. The van der Waals surface area contributed by atoms with Crippen LogP contribution in [0.2, 0.25) is 10.0 Å². The maximum Gasteiger partial charge on any atom is 0.257 e. The van der Waals surface area contributed by atoms with Gasteiger partial charge >= 0.3 is 0 Å². The number of anilines is 3. The van der Waals surface area contributed by atoms with Gasteiger partial charge in [0.1, 0.15) is 12.1 Å². The van der Waals surface area contributed by atoms with Crippen LogP contribution in [0, 0.1) is 6.92 Å². The highest BCUT2D eigenvalue weighted by molar-refractivity contribution is 6.37. The Labute approximate surface area is 155 Å². The maximum atomic E-state index is 12.3. The van der Waals surface area contributed by atoms with E-state index < -0.39 is 0 Å². The molecule has 25 heavy (non-hydrogen) atoms. The van der Waals surface area contributed by atoms with Crippen LogP contribution in [0.4, 0.5) is 17.2 Å². The Kier molecular flexibility index (Phi) is 5.16. The second-order valence-corrected chi connectivity index (χ2v) is 6.17. The maximum absolute atomic E-state index is 12.3. The number of nitrogens with zero attached hydrogens (tertiary/aromatic N) is 2. The van der Waals surface area contributed by atoms with E-state index in [4.69, 9.17) is 23.2 Å². The molecule has 0 saturated carbocycles. The smallest absolute Gasteiger partial charge is 0.257 e. The summed E-state index contributed by atoms with van der Waals surface area (Å²) in [5, 5.41) is 6.76. The first kappa shape index (κ1) is 17.2. The van der Waals surface area contributed by atoms with Gasteiger partial charge in [-0.1, -0.05) is 23.2 Å². The fraction of sp³-hybridized carbons (Fsp3) is 0.0556. The third-order valence-electron chi connectivity index (χ3n) is 3.39. The summed E-state index contributed by atoms with van der Waals surface area (Å²) >= 11 is 11.9. The zero-order valence-electron chi connectivity index (χ0n) is 13.3. The van der Waals surface area contributed by atoms with Crippen LogP contribution in [-0.2, 0) is 0 Å². The Hall–Kier alpha value is -2.63. The van der Waals surface area contributed by atoms with Gasteiger partial charge in [-0.25, -0.2) is 9.97 Å². The predicted octanol–water partition coefficient (Wildman–Crippen LogP) is 5.09. The van der Waals surface area contributed by atoms with Crippen molar-refractivity contribution in [2.45, 2.75) is 6.92 Å². The Bertz CT molecular complexity index is 913. The lowest BCUT2D eigenvalue weighted by atomic mass is 10.2. The first-order valence-corrected chi connectivity index (χ1v) is 8.19. The molecule has 0 bridgehead atoms. The van der Waals surface area contributed by atoms with E-state index in [2.05, 4.69) is 20.6 Å². The van der Waals surface area contributed by atoms with Crippen molar-refractivity contribution >= 4 is 46.3 Å². The summed E-state index contributed by atoms with van der Waals surface area (Å²) in [6.45, 7) is 1.90. The van der Waals surface area contributed by atoms with E-state index in [9.17, 15) is 4.79 Å². The molecule has 0 aliphatic carbocycles. The SMILES string of the molecule is Cc1cc(Nc2ccc(NC(=O)c3ccc(Cl)cc3Cl)cc2)ncn1. The average Bonchev–Trinajstić information content (AvgIpc) is 2.56. The Balaban J connectivity index is 1.69. The van der Waals surface area contributed by atoms with Crippen LogP contribution >= 0.6 is 23.2 Å². The van der Waals surface area contributed by atoms with E-state index in [1.165, 1.54) is 12.4 Å². The molecule has 0 aliphatic heterocycles. The van der Waals surface area contributed by atoms with Crippen molar-refractivity contribution in [3.63, 3.8) is 0 Å². The van der Waals surface area contributed by atoms with Gasteiger partial charge in [0.15, 0.2) is 0 Å². The van der Waals surface area contributed by atoms with Gasteiger partial charge in [-0.15, -0.1) is 0 Å². The molecule has 3 rings (SSSR count). The molecule has 126 valence electrons. The lowest BCUT2D eigenvalue weighted by molar-refractivity contribution is 0.102. The molecule has 0 atom stereocenters. The zero-order chi connectivity index (χ0) is 17.8. The molecule has 0 fully saturated rings. The normalized spacial score (nSPS) is 10.4. The number of amides is 1. The van der Waals surface area contributed by atoms with Gasteiger partial charge in [-0.3, -0.25) is 4.79 Å². The summed E-state index contributed by atoms with van der Waals surface area (Å²) in [4.78, 5) is 20.5. The van der Waals surface area contributed by atoms with Crippen molar-refractivity contribution in [1.82, 2.24) is 9.97 Å². The van der Waals surface area contributed by atoms with Crippen LogP contribution in [0.1, 0.15) is 16.1 Å². The largest absolute Gasteiger partial charge is 0.340 e. The number of rotatable bonds is 4. The van der Waals surface area contributed by atoms with Crippen LogP contribution in [-0.4, -0.2) is 15.9 Å². The monoisotopic (exact) mass is 372 g/mol. The highest BCUT2D eigenvalue weighted by Crippen LogP contribution is 2.23. The molecule has 1 amide bonds. The molecule has 1 heterocycles. The molecule has 5 nitrogen and oxygen atoms in total. The quantitative estimate of drug-likeness (QED) is 0.669. The van der Waals surface area contributed by atoms with Gasteiger partial charge in [0.25, 0.3) is 5.91 Å². The number of carbonyl (C=O) groups excluding carboxylic acids is 1. The standard InChI is InChI=1S/C18H14Cl2N4O/c1-11-8-17(22-10-21-11)23-13-3-5-14(6-4-13)24-18(25)15-7-2-12(19)9-16(15)20/h2-10H,1H3,(H,24,25)(H,21,22,23). The van der Waals surface area contributed by atoms with Crippen molar-refractivity contribution in [3.05, 3.63) is 76.2 Å². The number of hydrogen-bond donors (Lipinski definition) is 2. The molecule has 0 radical (unpaired) electrons. The lowest BCUT2D eigenvalue weighted by Gasteiger charge is -2.09. The van der Waals surface area contributed by atoms with Crippen LogP contribution in [0.15, 0.2) is 54.9 Å². The molecule has 2 N–H and O–H groups in total. The van der Waals surface area contributed by atoms with Crippen molar-refractivity contribution in [2.24, 2.45) is 0 Å². The third-order valence-corrected chi connectivity index (χ3v) is 3.94. The molecule has 1 aromatic heterocycles. The van der Waals surface area contributed by atoms with Crippen molar-refractivity contribution in [2.75, 3.05) is 10.6 Å². The predicted molar refractivity (Wildman–Crippen MR) is 101 cm³/mol. The zero-order valence-corrected chi connectivity index (χ0v) is 14.8. The highest BCUT2D eigenvalue weighted by atomic mass is 35.5. The second-order valence-electron chi connectivity index (χ2n) is 5.33. The van der Waals surface area contributed by atoms with E-state index in [1.54, 1.807) is 24.3 Å². The van der Waals surface area contributed by atoms with Crippen LogP contribution < -0.4 is 10.6 Å². The molecule has 7 heteroatoms. The fourth-order valence-electron chi connectivity index (χ4n) is 2.18. The molecule has 0 unspecified atom stereocenters. The van der Waals surface area contributed by atoms with Gasteiger partial charge in [0, 0.05) is 28.2 Å². The van der Waals surface area contributed by atoms with E-state index >= 15 is 0 Å². The Morgan fingerprint density at radius 2 is 1.68 bits per heavy atom. The average molecular weight is 373 g/mol. The molecule has 0 saturated heterocycles. The van der Waals surface area contributed by atoms with Gasteiger partial charge < -0.3 is 10.6 Å². The molecule has 0 aliphatic rings. The first-order valence-electron chi connectivity index (χ1n) is 7.43. The number of carbonyl (C=O) groups is 1. The molecular weight excluding hydrogens is 359 g/mol. The van der Waals surface area contributed by atoms with Gasteiger partial charge in [-0.2, -0.15) is 0 Å². The number of nitrogens with one attached hydrogen (secondary N) is 2. The number of aryl methyl sites for hydroxylation is 1. The Morgan fingerprint density at radius 3 is 2.36 bits per heavy atom. The van der Waals surface area contributed by atoms with E-state index in [1.807, 2.05) is 25.1 Å². The third kappa shape index (κ3) is 4.47. The fourth-order valence-corrected chi connectivity index (χ4v) is 2.67. The topological polar surface area (TPSA) is 66.9 Å².